The van der Waals surface area contributed by atoms with Crippen molar-refractivity contribution in [2.45, 2.75) is 12.7 Å². The number of halogens is 3. The second kappa shape index (κ2) is 5.76. The molecule has 8 nitrogen and oxygen atoms in total. The van der Waals surface area contributed by atoms with Crippen LogP contribution in [0.3, 0.4) is 0 Å². The Bertz CT molecular complexity index is 922. The molecule has 0 fully saturated rings. The number of nitrogens with zero attached hydrogens (tertiary/aromatic N) is 6. The lowest BCUT2D eigenvalue weighted by molar-refractivity contribution is -0.146. The zero-order valence-corrected chi connectivity index (χ0v) is 11.8. The van der Waals surface area contributed by atoms with E-state index in [1.54, 1.807) is 0 Å². The number of rotatable bonds is 3. The highest BCUT2D eigenvalue weighted by Gasteiger charge is 2.37. The topological polar surface area (TPSA) is 108 Å². The highest BCUT2D eigenvalue weighted by molar-refractivity contribution is 5.41. The van der Waals surface area contributed by atoms with Gasteiger partial charge in [0, 0.05) is 11.6 Å². The smallest absolute Gasteiger partial charge is 0.453 e. The minimum Gasteiger partial charge on any atom is -0.508 e. The quantitative estimate of drug-likeness (QED) is 0.714. The van der Waals surface area contributed by atoms with Gasteiger partial charge >= 0.3 is 6.18 Å². The van der Waals surface area contributed by atoms with E-state index in [0.717, 1.165) is 6.07 Å². The lowest BCUT2D eigenvalue weighted by Crippen LogP contribution is -2.12. The molecule has 0 saturated heterocycles. The van der Waals surface area contributed by atoms with E-state index in [4.69, 9.17) is 0 Å². The zero-order valence-electron chi connectivity index (χ0n) is 11.8. The molecular formula is C13H9F3N6O2. The molecule has 2 N–H and O–H groups in total. The van der Waals surface area contributed by atoms with Crippen LogP contribution in [0.2, 0.25) is 0 Å². The first kappa shape index (κ1) is 15.6. The lowest BCUT2D eigenvalue weighted by atomic mass is 10.2. The van der Waals surface area contributed by atoms with Crippen molar-refractivity contribution in [3.8, 4) is 11.5 Å². The van der Waals surface area contributed by atoms with Gasteiger partial charge in [-0.3, -0.25) is 0 Å². The van der Waals surface area contributed by atoms with Crippen molar-refractivity contribution in [2.75, 3.05) is 0 Å². The predicted molar refractivity (Wildman–Crippen MR) is 73.8 cm³/mol. The summed E-state index contributed by atoms with van der Waals surface area (Å²) in [7, 11) is 0. The number of aromatic hydroxyl groups is 2. The summed E-state index contributed by atoms with van der Waals surface area (Å²) in [5.41, 5.74) is 0.315. The van der Waals surface area contributed by atoms with Gasteiger partial charge in [-0.2, -0.15) is 22.8 Å². The summed E-state index contributed by atoms with van der Waals surface area (Å²) in [6.45, 7) is -0.0415. The molecule has 3 aromatic rings. The Balaban J connectivity index is 1.84. The van der Waals surface area contributed by atoms with E-state index >= 15 is 0 Å². The van der Waals surface area contributed by atoms with E-state index in [9.17, 15) is 23.4 Å². The Morgan fingerprint density at radius 3 is 2.58 bits per heavy atom. The van der Waals surface area contributed by atoms with Crippen molar-refractivity contribution in [1.29, 1.82) is 0 Å². The Morgan fingerprint density at radius 1 is 1.08 bits per heavy atom. The number of hydrogen-bond donors (Lipinski definition) is 2. The molecule has 2 aromatic heterocycles. The maximum atomic E-state index is 12.8. The summed E-state index contributed by atoms with van der Waals surface area (Å²) >= 11 is 0. The van der Waals surface area contributed by atoms with E-state index in [-0.39, 0.29) is 29.5 Å². The van der Waals surface area contributed by atoms with Gasteiger partial charge in [-0.1, -0.05) is 0 Å². The highest BCUT2D eigenvalue weighted by atomic mass is 19.4. The maximum Gasteiger partial charge on any atom is 0.453 e. The van der Waals surface area contributed by atoms with E-state index in [1.165, 1.54) is 24.3 Å². The Kier molecular flexibility index (Phi) is 3.75. The number of azo groups is 1. The molecule has 0 saturated carbocycles. The van der Waals surface area contributed by atoms with Gasteiger partial charge in [-0.05, 0) is 24.3 Å². The average Bonchev–Trinajstić information content (AvgIpc) is 2.92. The molecule has 0 amide bonds. The van der Waals surface area contributed by atoms with Crippen molar-refractivity contribution >= 4 is 11.5 Å². The summed E-state index contributed by atoms with van der Waals surface area (Å²) in [5, 5.41) is 36.4. The van der Waals surface area contributed by atoms with Crippen molar-refractivity contribution < 1.29 is 23.4 Å². The Morgan fingerprint density at radius 2 is 1.88 bits per heavy atom. The second-order valence-electron chi connectivity index (χ2n) is 4.70. The van der Waals surface area contributed by atoms with E-state index in [2.05, 4.69) is 25.5 Å². The van der Waals surface area contributed by atoms with Crippen LogP contribution < -0.4 is 0 Å². The van der Waals surface area contributed by atoms with E-state index in [1.807, 2.05) is 0 Å². The van der Waals surface area contributed by atoms with Crippen LogP contribution in [0.5, 0.6) is 11.5 Å². The molecule has 124 valence electrons. The molecule has 0 unspecified atom stereocenters. The number of phenols is 2. The molecule has 3 rings (SSSR count). The third kappa shape index (κ3) is 3.09. The molecule has 0 radical (unpaired) electrons. The fraction of sp³-hybridized carbons (Fsp3) is 0.154. The van der Waals surface area contributed by atoms with Gasteiger partial charge in [0.05, 0.1) is 6.54 Å². The minimum absolute atomic E-state index is 0.0415. The van der Waals surface area contributed by atoms with Crippen LogP contribution in [0.4, 0.5) is 19.0 Å². The monoisotopic (exact) mass is 338 g/mol. The molecular weight excluding hydrogens is 329 g/mol. The first-order chi connectivity index (χ1) is 11.3. The molecule has 1 aromatic carbocycles. The molecule has 0 aliphatic heterocycles. The Hall–Kier alpha value is -3.24. The fourth-order valence-corrected chi connectivity index (χ4v) is 1.88. The highest BCUT2D eigenvalue weighted by Crippen LogP contribution is 2.28. The van der Waals surface area contributed by atoms with E-state index < -0.39 is 12.0 Å². The van der Waals surface area contributed by atoms with Crippen molar-refractivity contribution in [3.63, 3.8) is 0 Å². The normalized spacial score (nSPS) is 12.3. The standard InChI is InChI=1S/C13H9F3N6O2/c14-13(15,16)12-20-19-11-4-3-10(21-22(11)12)18-17-6-7-1-2-8(23)5-9(7)24/h1-5,23-24H,6H2. The molecule has 0 spiro atoms. The largest absolute Gasteiger partial charge is 0.508 e. The Labute approximate surface area is 131 Å². The van der Waals surface area contributed by atoms with Gasteiger partial charge in [0.15, 0.2) is 11.5 Å². The van der Waals surface area contributed by atoms with Gasteiger partial charge in [0.25, 0.3) is 5.82 Å². The molecule has 11 heteroatoms. The van der Waals surface area contributed by atoms with Crippen molar-refractivity contribution in [2.24, 2.45) is 10.2 Å². The number of fused-ring (bicyclic) bond motifs is 1. The van der Waals surface area contributed by atoms with Gasteiger partial charge in [-0.15, -0.1) is 20.4 Å². The van der Waals surface area contributed by atoms with Crippen LogP contribution in [0.25, 0.3) is 5.65 Å². The third-order valence-electron chi connectivity index (χ3n) is 2.99. The predicted octanol–water partition coefficient (Wildman–Crippen LogP) is 2.84. The average molecular weight is 338 g/mol. The molecule has 24 heavy (non-hydrogen) atoms. The molecule has 0 atom stereocenters. The van der Waals surface area contributed by atoms with Gasteiger partial charge in [-0.25, -0.2) is 0 Å². The third-order valence-corrected chi connectivity index (χ3v) is 2.99. The number of phenolic OH excluding ortho intramolecular Hbond substituents is 2. The fourth-order valence-electron chi connectivity index (χ4n) is 1.88. The summed E-state index contributed by atoms with van der Waals surface area (Å²) in [6, 6.07) is 6.57. The SMILES string of the molecule is Oc1ccc(CN=Nc2ccc3nnc(C(F)(F)F)n3n2)c(O)c1. The lowest BCUT2D eigenvalue weighted by Gasteiger charge is -2.03. The summed E-state index contributed by atoms with van der Waals surface area (Å²) in [5.74, 6) is -1.61. The summed E-state index contributed by atoms with van der Waals surface area (Å²) in [6.07, 6.45) is -4.69. The molecule has 0 aliphatic carbocycles. The van der Waals surface area contributed by atoms with Crippen molar-refractivity contribution in [1.82, 2.24) is 19.8 Å². The number of hydrogen-bond acceptors (Lipinski definition) is 7. The van der Waals surface area contributed by atoms with Crippen LogP contribution in [0.15, 0.2) is 40.6 Å². The van der Waals surface area contributed by atoms with Crippen LogP contribution in [-0.4, -0.2) is 30.0 Å². The minimum atomic E-state index is -4.69. The second-order valence-corrected chi connectivity index (χ2v) is 4.70. The first-order valence-corrected chi connectivity index (χ1v) is 6.52. The number of benzene rings is 1. The van der Waals surface area contributed by atoms with Crippen LogP contribution in [-0.2, 0) is 12.7 Å². The van der Waals surface area contributed by atoms with Crippen molar-refractivity contribution in [3.05, 3.63) is 41.7 Å². The van der Waals surface area contributed by atoms with Crippen LogP contribution >= 0.6 is 0 Å². The van der Waals surface area contributed by atoms with E-state index in [0.29, 0.717) is 10.1 Å². The summed E-state index contributed by atoms with van der Waals surface area (Å²) < 4.78 is 38.8. The number of aromatic nitrogens is 4. The van der Waals surface area contributed by atoms with Gasteiger partial charge in [0.2, 0.25) is 0 Å². The van der Waals surface area contributed by atoms with Crippen LogP contribution in [0.1, 0.15) is 11.4 Å². The molecule has 0 bridgehead atoms. The number of alkyl halides is 3. The first-order valence-electron chi connectivity index (χ1n) is 6.52. The van der Waals surface area contributed by atoms with Gasteiger partial charge < -0.3 is 10.2 Å². The van der Waals surface area contributed by atoms with Gasteiger partial charge in [0.1, 0.15) is 11.5 Å². The molecule has 0 aliphatic rings. The maximum absolute atomic E-state index is 12.8. The summed E-state index contributed by atoms with van der Waals surface area (Å²) in [4.78, 5) is 0. The zero-order chi connectivity index (χ0) is 17.3. The van der Waals surface area contributed by atoms with Crippen LogP contribution in [0, 0.1) is 0 Å². The molecule has 2 heterocycles.